The summed E-state index contributed by atoms with van der Waals surface area (Å²) in [5.41, 5.74) is 1.04. The standard InChI is InChI=1S/C11H14ClN3/c1-9(5-13)7-15(2)8-10-3-4-14-6-11(10)12/h3-4,6,9H,7-8H2,1-2H3. The van der Waals surface area contributed by atoms with Crippen LogP contribution in [0.15, 0.2) is 18.5 Å². The van der Waals surface area contributed by atoms with Gasteiger partial charge in [0.05, 0.1) is 17.0 Å². The number of nitriles is 1. The molecule has 1 aromatic heterocycles. The van der Waals surface area contributed by atoms with E-state index in [4.69, 9.17) is 16.9 Å². The van der Waals surface area contributed by atoms with Gasteiger partial charge < -0.3 is 4.90 Å². The van der Waals surface area contributed by atoms with Gasteiger partial charge >= 0.3 is 0 Å². The maximum atomic E-state index is 8.69. The summed E-state index contributed by atoms with van der Waals surface area (Å²) in [6, 6.07) is 4.11. The quantitative estimate of drug-likeness (QED) is 0.787. The van der Waals surface area contributed by atoms with Gasteiger partial charge in [0.1, 0.15) is 0 Å². The number of aromatic nitrogens is 1. The van der Waals surface area contributed by atoms with Crippen molar-refractivity contribution in [2.75, 3.05) is 13.6 Å². The van der Waals surface area contributed by atoms with Crippen molar-refractivity contribution in [1.82, 2.24) is 9.88 Å². The van der Waals surface area contributed by atoms with Gasteiger partial charge in [0.25, 0.3) is 0 Å². The Labute approximate surface area is 95.3 Å². The van der Waals surface area contributed by atoms with Gasteiger partial charge in [0, 0.05) is 25.5 Å². The van der Waals surface area contributed by atoms with E-state index in [9.17, 15) is 0 Å². The zero-order valence-electron chi connectivity index (χ0n) is 8.94. The molecule has 0 bridgehead atoms. The highest BCUT2D eigenvalue weighted by atomic mass is 35.5. The van der Waals surface area contributed by atoms with Gasteiger partial charge in [-0.05, 0) is 25.6 Å². The van der Waals surface area contributed by atoms with Gasteiger partial charge in [0.2, 0.25) is 0 Å². The molecule has 4 heteroatoms. The molecule has 0 N–H and O–H groups in total. The number of nitrogens with zero attached hydrogens (tertiary/aromatic N) is 3. The lowest BCUT2D eigenvalue weighted by Crippen LogP contribution is -2.23. The van der Waals surface area contributed by atoms with Gasteiger partial charge in [0.15, 0.2) is 0 Å². The summed E-state index contributed by atoms with van der Waals surface area (Å²) in [6.07, 6.45) is 3.36. The number of pyridine rings is 1. The zero-order valence-corrected chi connectivity index (χ0v) is 9.70. The van der Waals surface area contributed by atoms with Crippen LogP contribution in [0.3, 0.4) is 0 Å². The van der Waals surface area contributed by atoms with Gasteiger partial charge in [-0.15, -0.1) is 0 Å². The Morgan fingerprint density at radius 3 is 3.00 bits per heavy atom. The molecular formula is C11H14ClN3. The fourth-order valence-corrected chi connectivity index (χ4v) is 1.58. The van der Waals surface area contributed by atoms with Crippen molar-refractivity contribution in [2.45, 2.75) is 13.5 Å². The topological polar surface area (TPSA) is 39.9 Å². The maximum Gasteiger partial charge on any atom is 0.0666 e. The van der Waals surface area contributed by atoms with Gasteiger partial charge in [-0.1, -0.05) is 11.6 Å². The van der Waals surface area contributed by atoms with E-state index in [2.05, 4.69) is 16.0 Å². The molecule has 0 aliphatic rings. The average molecular weight is 224 g/mol. The Balaban J connectivity index is 2.56. The van der Waals surface area contributed by atoms with Crippen LogP contribution < -0.4 is 0 Å². The lowest BCUT2D eigenvalue weighted by Gasteiger charge is -2.18. The first-order valence-electron chi connectivity index (χ1n) is 4.80. The summed E-state index contributed by atoms with van der Waals surface area (Å²) >= 11 is 5.98. The zero-order chi connectivity index (χ0) is 11.3. The van der Waals surface area contributed by atoms with E-state index in [0.29, 0.717) is 5.02 Å². The number of halogens is 1. The molecule has 15 heavy (non-hydrogen) atoms. The molecule has 0 aliphatic heterocycles. The van der Waals surface area contributed by atoms with Crippen molar-refractivity contribution in [3.8, 4) is 6.07 Å². The van der Waals surface area contributed by atoms with Crippen LogP contribution in [0.25, 0.3) is 0 Å². The van der Waals surface area contributed by atoms with Gasteiger partial charge in [-0.3, -0.25) is 4.98 Å². The average Bonchev–Trinajstić information content (AvgIpc) is 2.21. The molecule has 1 unspecified atom stereocenters. The lowest BCUT2D eigenvalue weighted by molar-refractivity contribution is 0.303. The first-order chi connectivity index (χ1) is 7.13. The summed E-state index contributed by atoms with van der Waals surface area (Å²) in [5, 5.41) is 9.37. The van der Waals surface area contributed by atoms with E-state index >= 15 is 0 Å². The highest BCUT2D eigenvalue weighted by molar-refractivity contribution is 6.31. The second kappa shape index (κ2) is 5.69. The van der Waals surface area contributed by atoms with Gasteiger partial charge in [-0.25, -0.2) is 0 Å². The monoisotopic (exact) mass is 223 g/mol. The smallest absolute Gasteiger partial charge is 0.0666 e. The lowest BCUT2D eigenvalue weighted by atomic mass is 10.2. The molecule has 80 valence electrons. The van der Waals surface area contributed by atoms with E-state index in [1.165, 1.54) is 0 Å². The molecule has 3 nitrogen and oxygen atoms in total. The van der Waals surface area contributed by atoms with E-state index in [1.807, 2.05) is 20.0 Å². The van der Waals surface area contributed by atoms with Crippen LogP contribution >= 0.6 is 11.6 Å². The second-order valence-electron chi connectivity index (χ2n) is 3.69. The molecule has 0 saturated heterocycles. The van der Waals surface area contributed by atoms with Crippen LogP contribution in [0.1, 0.15) is 12.5 Å². The van der Waals surface area contributed by atoms with E-state index < -0.39 is 0 Å². The van der Waals surface area contributed by atoms with Crippen LogP contribution in [0.5, 0.6) is 0 Å². The van der Waals surface area contributed by atoms with Crippen LogP contribution in [0.4, 0.5) is 0 Å². The third-order valence-corrected chi connectivity index (χ3v) is 2.44. The third-order valence-electron chi connectivity index (χ3n) is 2.10. The molecule has 0 radical (unpaired) electrons. The Bertz CT molecular complexity index is 359. The first-order valence-corrected chi connectivity index (χ1v) is 5.18. The highest BCUT2D eigenvalue weighted by Crippen LogP contribution is 2.15. The second-order valence-corrected chi connectivity index (χ2v) is 4.10. The maximum absolute atomic E-state index is 8.69. The minimum absolute atomic E-state index is 0.0376. The van der Waals surface area contributed by atoms with Crippen LogP contribution in [-0.2, 0) is 6.54 Å². The molecule has 1 rings (SSSR count). The van der Waals surface area contributed by atoms with E-state index in [0.717, 1.165) is 18.7 Å². The van der Waals surface area contributed by atoms with Crippen molar-refractivity contribution in [2.24, 2.45) is 5.92 Å². The van der Waals surface area contributed by atoms with Crippen LogP contribution in [0, 0.1) is 17.2 Å². The predicted octanol–water partition coefficient (Wildman–Crippen LogP) is 2.33. The summed E-state index contributed by atoms with van der Waals surface area (Å²) in [7, 11) is 1.98. The number of hydrogen-bond acceptors (Lipinski definition) is 3. The molecule has 0 fully saturated rings. The number of rotatable bonds is 4. The fraction of sp³-hybridized carbons (Fsp3) is 0.455. The molecule has 0 spiro atoms. The molecule has 0 aliphatic carbocycles. The van der Waals surface area contributed by atoms with Crippen LogP contribution in [-0.4, -0.2) is 23.5 Å². The molecule has 1 aromatic rings. The SMILES string of the molecule is CC(C#N)CN(C)Cc1ccncc1Cl. The van der Waals surface area contributed by atoms with E-state index in [-0.39, 0.29) is 5.92 Å². The van der Waals surface area contributed by atoms with Crippen molar-refractivity contribution in [3.63, 3.8) is 0 Å². The van der Waals surface area contributed by atoms with Gasteiger partial charge in [-0.2, -0.15) is 5.26 Å². The minimum Gasteiger partial charge on any atom is -0.301 e. The minimum atomic E-state index is 0.0376. The molecular weight excluding hydrogens is 210 g/mol. The number of hydrogen-bond donors (Lipinski definition) is 0. The molecule has 0 amide bonds. The normalized spacial score (nSPS) is 12.5. The summed E-state index contributed by atoms with van der Waals surface area (Å²) in [6.45, 7) is 3.40. The molecule has 1 heterocycles. The molecule has 0 aromatic carbocycles. The van der Waals surface area contributed by atoms with E-state index in [1.54, 1.807) is 12.4 Å². The fourth-order valence-electron chi connectivity index (χ4n) is 1.40. The molecule has 1 atom stereocenters. The highest BCUT2D eigenvalue weighted by Gasteiger charge is 2.07. The summed E-state index contributed by atoms with van der Waals surface area (Å²) in [4.78, 5) is 6.00. The Hall–Kier alpha value is -1.11. The van der Waals surface area contributed by atoms with Crippen LogP contribution in [0.2, 0.25) is 5.02 Å². The summed E-state index contributed by atoms with van der Waals surface area (Å²) < 4.78 is 0. The summed E-state index contributed by atoms with van der Waals surface area (Å²) in [5.74, 6) is 0.0376. The van der Waals surface area contributed by atoms with Crippen molar-refractivity contribution >= 4 is 11.6 Å². The predicted molar refractivity (Wildman–Crippen MR) is 60.4 cm³/mol. The first kappa shape index (κ1) is 12.0. The van der Waals surface area contributed by atoms with Crippen molar-refractivity contribution in [1.29, 1.82) is 5.26 Å². The molecule has 0 saturated carbocycles. The Morgan fingerprint density at radius 1 is 1.67 bits per heavy atom. The Kier molecular flexibility index (Phi) is 4.54. The van der Waals surface area contributed by atoms with Crippen molar-refractivity contribution < 1.29 is 0 Å². The van der Waals surface area contributed by atoms with Crippen molar-refractivity contribution in [3.05, 3.63) is 29.0 Å². The third kappa shape index (κ3) is 3.86. The Morgan fingerprint density at radius 2 is 2.40 bits per heavy atom. The largest absolute Gasteiger partial charge is 0.301 e.